The first kappa shape index (κ1) is 21.1. The zero-order valence-corrected chi connectivity index (χ0v) is 18.1. The first-order valence-corrected chi connectivity index (χ1v) is 11.8. The van der Waals surface area contributed by atoms with Crippen LogP contribution >= 0.6 is 23.5 Å². The second-order valence-corrected chi connectivity index (χ2v) is 9.03. The van der Waals surface area contributed by atoms with Gasteiger partial charge in [-0.25, -0.2) is 19.9 Å². The van der Waals surface area contributed by atoms with Crippen molar-refractivity contribution in [3.63, 3.8) is 0 Å². The summed E-state index contributed by atoms with van der Waals surface area (Å²) in [6.45, 7) is 4.17. The Morgan fingerprint density at radius 3 is 1.50 bits per heavy atom. The van der Waals surface area contributed by atoms with E-state index in [4.69, 9.17) is 0 Å². The summed E-state index contributed by atoms with van der Waals surface area (Å²) >= 11 is 3.53. The van der Waals surface area contributed by atoms with Gasteiger partial charge in [0.05, 0.1) is 0 Å². The van der Waals surface area contributed by atoms with E-state index in [9.17, 15) is 0 Å². The molecular formula is C22H28N4S2. The van der Waals surface area contributed by atoms with E-state index in [0.29, 0.717) is 0 Å². The molecule has 28 heavy (non-hydrogen) atoms. The Morgan fingerprint density at radius 1 is 0.750 bits per heavy atom. The van der Waals surface area contributed by atoms with E-state index in [-0.39, 0.29) is 0 Å². The molecular weight excluding hydrogens is 384 g/mol. The molecule has 2 aromatic heterocycles. The summed E-state index contributed by atoms with van der Waals surface area (Å²) in [6, 6.07) is 3.70. The van der Waals surface area contributed by atoms with Crippen LogP contribution in [0, 0.1) is 23.7 Å². The van der Waals surface area contributed by atoms with Gasteiger partial charge in [0.2, 0.25) is 0 Å². The maximum atomic E-state index is 4.18. The second-order valence-electron chi connectivity index (χ2n) is 7.06. The maximum absolute atomic E-state index is 4.18. The average Bonchev–Trinajstić information content (AvgIpc) is 3.65. The molecule has 6 heteroatoms. The molecule has 2 heterocycles. The third-order valence-corrected chi connectivity index (χ3v) is 6.90. The van der Waals surface area contributed by atoms with Gasteiger partial charge in [0.1, 0.15) is 0 Å². The van der Waals surface area contributed by atoms with E-state index in [1.54, 1.807) is 48.3 Å². The largest absolute Gasteiger partial charge is 0.231 e. The third-order valence-electron chi connectivity index (χ3n) is 4.77. The molecule has 0 spiro atoms. The van der Waals surface area contributed by atoms with Crippen molar-refractivity contribution >= 4 is 23.5 Å². The zero-order chi connectivity index (χ0) is 19.6. The van der Waals surface area contributed by atoms with Crippen molar-refractivity contribution in [1.82, 2.24) is 19.9 Å². The Kier molecular flexibility index (Phi) is 8.55. The highest BCUT2D eigenvalue weighted by molar-refractivity contribution is 7.99. The van der Waals surface area contributed by atoms with Gasteiger partial charge in [-0.2, -0.15) is 0 Å². The quantitative estimate of drug-likeness (QED) is 0.321. The molecule has 2 fully saturated rings. The predicted octanol–water partition coefficient (Wildman–Crippen LogP) is 5.56. The van der Waals surface area contributed by atoms with Gasteiger partial charge in [0.15, 0.2) is 10.3 Å². The molecule has 0 amide bonds. The number of aromatic nitrogens is 4. The van der Waals surface area contributed by atoms with E-state index in [0.717, 1.165) is 45.5 Å². The number of thioether (sulfide) groups is 2. The molecule has 0 saturated heterocycles. The highest BCUT2D eigenvalue weighted by Gasteiger charge is 2.34. The molecule has 4 rings (SSSR count). The number of allylic oxidation sites excluding steroid dienone is 4. The van der Waals surface area contributed by atoms with Gasteiger partial charge >= 0.3 is 0 Å². The van der Waals surface area contributed by atoms with Crippen molar-refractivity contribution in [2.45, 2.75) is 37.0 Å². The fourth-order valence-electron chi connectivity index (χ4n) is 2.97. The Labute approximate surface area is 176 Å². The van der Waals surface area contributed by atoms with Crippen LogP contribution in [-0.2, 0) is 0 Å². The summed E-state index contributed by atoms with van der Waals surface area (Å²) in [7, 11) is 0. The Hall–Kier alpha value is -1.66. The van der Waals surface area contributed by atoms with Crippen LogP contribution in [-0.4, -0.2) is 31.4 Å². The predicted molar refractivity (Wildman–Crippen MR) is 118 cm³/mol. The van der Waals surface area contributed by atoms with Crippen LogP contribution in [0.4, 0.5) is 0 Å². The topological polar surface area (TPSA) is 51.6 Å². The molecule has 2 aliphatic rings. The number of hydrogen-bond donors (Lipinski definition) is 0. The van der Waals surface area contributed by atoms with Crippen LogP contribution < -0.4 is 0 Å². The van der Waals surface area contributed by atoms with E-state index >= 15 is 0 Å². The van der Waals surface area contributed by atoms with Crippen LogP contribution in [0.15, 0.2) is 71.5 Å². The SMILES string of the molecule is C/C=C/[C@@H]1C[C@@H]1CSc1ncccn1.C/C=C/[C@H]1C[C@H]1CSc1ncccn1. The van der Waals surface area contributed by atoms with Crippen molar-refractivity contribution in [2.75, 3.05) is 11.5 Å². The fourth-order valence-corrected chi connectivity index (χ4v) is 5.01. The minimum Gasteiger partial charge on any atom is -0.231 e. The smallest absolute Gasteiger partial charge is 0.187 e. The standard InChI is InChI=1S/2C11H14N2S/c2*1-2-4-9-7-10(9)8-14-11-12-5-3-6-13-11/h2*2-6,9-10H,7-8H2,1H3/b2*4-2+/t2*9-,10-/m10/s1. The lowest BCUT2D eigenvalue weighted by atomic mass is 10.3. The van der Waals surface area contributed by atoms with E-state index in [2.05, 4.69) is 58.1 Å². The summed E-state index contributed by atoms with van der Waals surface area (Å²) in [5.41, 5.74) is 0. The monoisotopic (exact) mass is 412 g/mol. The molecule has 148 valence electrons. The van der Waals surface area contributed by atoms with E-state index < -0.39 is 0 Å². The Morgan fingerprint density at radius 2 is 1.14 bits per heavy atom. The minimum atomic E-state index is 0.816. The van der Waals surface area contributed by atoms with Gasteiger partial charge in [0, 0.05) is 36.3 Å². The molecule has 4 nitrogen and oxygen atoms in total. The van der Waals surface area contributed by atoms with Crippen molar-refractivity contribution in [1.29, 1.82) is 0 Å². The van der Waals surface area contributed by atoms with Crippen molar-refractivity contribution < 1.29 is 0 Å². The molecule has 2 aliphatic carbocycles. The molecule has 2 saturated carbocycles. The van der Waals surface area contributed by atoms with Gasteiger partial charge < -0.3 is 0 Å². The molecule has 0 N–H and O–H groups in total. The number of hydrogen-bond acceptors (Lipinski definition) is 6. The lowest BCUT2D eigenvalue weighted by Crippen LogP contribution is -1.88. The third kappa shape index (κ3) is 7.40. The van der Waals surface area contributed by atoms with Crippen molar-refractivity contribution in [2.24, 2.45) is 23.7 Å². The van der Waals surface area contributed by atoms with Gasteiger partial charge in [0.25, 0.3) is 0 Å². The maximum Gasteiger partial charge on any atom is 0.187 e. The van der Waals surface area contributed by atoms with E-state index in [1.165, 1.54) is 12.8 Å². The Balaban J connectivity index is 0.000000161. The normalized spacial score (nSPS) is 25.5. The molecule has 4 atom stereocenters. The van der Waals surface area contributed by atoms with Crippen LogP contribution in [0.5, 0.6) is 0 Å². The van der Waals surface area contributed by atoms with Gasteiger partial charge in [-0.3, -0.25) is 0 Å². The lowest BCUT2D eigenvalue weighted by molar-refractivity contribution is 0.899. The molecule has 0 unspecified atom stereocenters. The molecule has 0 aromatic carbocycles. The van der Waals surface area contributed by atoms with Crippen LogP contribution in [0.1, 0.15) is 26.7 Å². The first-order chi connectivity index (χ1) is 13.8. The lowest BCUT2D eigenvalue weighted by Gasteiger charge is -1.96. The fraction of sp³-hybridized carbons (Fsp3) is 0.455. The van der Waals surface area contributed by atoms with Crippen LogP contribution in [0.2, 0.25) is 0 Å². The second kappa shape index (κ2) is 11.4. The summed E-state index contributed by atoms with van der Waals surface area (Å²) in [5.74, 6) is 5.63. The molecule has 2 aromatic rings. The summed E-state index contributed by atoms with van der Waals surface area (Å²) in [6.07, 6.45) is 18.8. The average molecular weight is 413 g/mol. The number of nitrogens with zero attached hydrogens (tertiary/aromatic N) is 4. The van der Waals surface area contributed by atoms with Crippen LogP contribution in [0.25, 0.3) is 0 Å². The van der Waals surface area contributed by atoms with Crippen molar-refractivity contribution in [3.8, 4) is 0 Å². The van der Waals surface area contributed by atoms with Gasteiger partial charge in [-0.05, 0) is 62.5 Å². The molecule has 0 aliphatic heterocycles. The van der Waals surface area contributed by atoms with Crippen LogP contribution in [0.3, 0.4) is 0 Å². The highest BCUT2D eigenvalue weighted by Crippen LogP contribution is 2.43. The molecule has 0 bridgehead atoms. The summed E-state index contributed by atoms with van der Waals surface area (Å²) < 4.78 is 0. The summed E-state index contributed by atoms with van der Waals surface area (Å²) in [4.78, 5) is 16.7. The summed E-state index contributed by atoms with van der Waals surface area (Å²) in [5, 5.41) is 1.80. The number of rotatable bonds is 8. The van der Waals surface area contributed by atoms with Crippen molar-refractivity contribution in [3.05, 3.63) is 61.2 Å². The minimum absolute atomic E-state index is 0.816. The Bertz CT molecular complexity index is 686. The van der Waals surface area contributed by atoms with Gasteiger partial charge in [-0.1, -0.05) is 47.8 Å². The highest BCUT2D eigenvalue weighted by atomic mass is 32.2. The van der Waals surface area contributed by atoms with Gasteiger partial charge in [-0.15, -0.1) is 0 Å². The van der Waals surface area contributed by atoms with E-state index in [1.807, 2.05) is 12.1 Å². The zero-order valence-electron chi connectivity index (χ0n) is 16.5. The first-order valence-electron chi connectivity index (χ1n) is 9.85. The molecule has 0 radical (unpaired) electrons.